The molecule has 1 fully saturated rings. The summed E-state index contributed by atoms with van der Waals surface area (Å²) in [5.41, 5.74) is 0.329. The van der Waals surface area contributed by atoms with Crippen LogP contribution in [0.3, 0.4) is 0 Å². The summed E-state index contributed by atoms with van der Waals surface area (Å²) in [6.45, 7) is 0.879. The summed E-state index contributed by atoms with van der Waals surface area (Å²) in [5.74, 6) is -0.236. The number of nitrogens with zero attached hydrogens (tertiary/aromatic N) is 1. The highest BCUT2D eigenvalue weighted by atomic mass is 79.9. The van der Waals surface area contributed by atoms with E-state index in [4.69, 9.17) is 0 Å². The van der Waals surface area contributed by atoms with E-state index in [0.717, 1.165) is 13.0 Å². The average Bonchev–Trinajstić information content (AvgIpc) is 2.07. The molecule has 1 aromatic carbocycles. The Hall–Kier alpha value is -1.14. The fourth-order valence-corrected chi connectivity index (χ4v) is 2.03. The Labute approximate surface area is 94.4 Å². The van der Waals surface area contributed by atoms with E-state index < -0.39 is 4.92 Å². The molecule has 1 heterocycles. The molecule has 0 spiro atoms. The van der Waals surface area contributed by atoms with E-state index in [1.165, 1.54) is 6.07 Å². The lowest BCUT2D eigenvalue weighted by atomic mass is 9.96. The van der Waals surface area contributed by atoms with Crippen LogP contribution < -0.4 is 5.32 Å². The molecule has 1 aliphatic heterocycles. The third-order valence-corrected chi connectivity index (χ3v) is 2.94. The second-order valence-corrected chi connectivity index (χ2v) is 4.33. The van der Waals surface area contributed by atoms with Crippen molar-refractivity contribution in [3.05, 3.63) is 32.3 Å². The molecule has 0 saturated carbocycles. The van der Waals surface area contributed by atoms with Crippen molar-refractivity contribution in [2.24, 2.45) is 0 Å². The molecule has 80 valence electrons. The summed E-state index contributed by atoms with van der Waals surface area (Å²) in [5, 5.41) is 23.5. The van der Waals surface area contributed by atoms with Crippen molar-refractivity contribution in [3.8, 4) is 5.75 Å². The van der Waals surface area contributed by atoms with Gasteiger partial charge in [0.25, 0.3) is 0 Å². The Balaban J connectivity index is 2.49. The zero-order chi connectivity index (χ0) is 11.0. The van der Waals surface area contributed by atoms with Crippen molar-refractivity contribution in [1.29, 1.82) is 0 Å². The van der Waals surface area contributed by atoms with Gasteiger partial charge in [0.2, 0.25) is 0 Å². The SMILES string of the molecule is O=[N+]([O-])c1cc(Br)cc([C@H]2CCN2)c1O. The van der Waals surface area contributed by atoms with Gasteiger partial charge >= 0.3 is 5.69 Å². The topological polar surface area (TPSA) is 75.4 Å². The van der Waals surface area contributed by atoms with Crippen LogP contribution in [0.4, 0.5) is 5.69 Å². The summed E-state index contributed by atoms with van der Waals surface area (Å²) < 4.78 is 0.607. The maximum atomic E-state index is 10.7. The summed E-state index contributed by atoms with van der Waals surface area (Å²) in [6.07, 6.45) is 0.890. The number of halogens is 1. The minimum atomic E-state index is -0.581. The normalized spacial score (nSPS) is 19.7. The minimum absolute atomic E-state index is 0.0289. The second kappa shape index (κ2) is 3.79. The molecule has 1 aromatic rings. The van der Waals surface area contributed by atoms with Gasteiger partial charge in [0, 0.05) is 22.1 Å². The highest BCUT2D eigenvalue weighted by Gasteiger charge is 2.27. The van der Waals surface area contributed by atoms with Gasteiger partial charge < -0.3 is 10.4 Å². The molecule has 5 nitrogen and oxygen atoms in total. The number of nitro benzene ring substituents is 1. The largest absolute Gasteiger partial charge is 0.502 e. The van der Waals surface area contributed by atoms with E-state index in [1.807, 2.05) is 0 Å². The molecular weight excluding hydrogens is 264 g/mol. The first-order valence-electron chi connectivity index (χ1n) is 4.50. The fraction of sp³-hybridized carbons (Fsp3) is 0.333. The van der Waals surface area contributed by atoms with E-state index in [0.29, 0.717) is 10.0 Å². The summed E-state index contributed by atoms with van der Waals surface area (Å²) in [4.78, 5) is 10.1. The first-order chi connectivity index (χ1) is 7.09. The standard InChI is InChI=1S/C9H9BrN2O3/c10-5-3-6(7-1-2-11-7)9(13)8(4-5)12(14)15/h3-4,7,11,13H,1-2H2/t7-/m1/s1. The zero-order valence-corrected chi connectivity index (χ0v) is 9.32. The molecule has 0 bridgehead atoms. The molecule has 1 saturated heterocycles. The van der Waals surface area contributed by atoms with Crippen LogP contribution in [-0.2, 0) is 0 Å². The molecule has 0 unspecified atom stereocenters. The van der Waals surface area contributed by atoms with Crippen molar-refractivity contribution >= 4 is 21.6 Å². The number of benzene rings is 1. The summed E-state index contributed by atoms with van der Waals surface area (Å²) in [7, 11) is 0. The molecule has 0 amide bonds. The average molecular weight is 273 g/mol. The van der Waals surface area contributed by atoms with Crippen LogP contribution in [0, 0.1) is 10.1 Å². The fourth-order valence-electron chi connectivity index (χ4n) is 1.56. The quantitative estimate of drug-likeness (QED) is 0.639. The third-order valence-electron chi connectivity index (χ3n) is 2.48. The van der Waals surface area contributed by atoms with Crippen molar-refractivity contribution in [1.82, 2.24) is 5.32 Å². The molecule has 2 N–H and O–H groups in total. The van der Waals surface area contributed by atoms with Crippen LogP contribution in [0.15, 0.2) is 16.6 Å². The molecule has 0 aliphatic carbocycles. The zero-order valence-electron chi connectivity index (χ0n) is 7.74. The van der Waals surface area contributed by atoms with Crippen LogP contribution in [-0.4, -0.2) is 16.6 Å². The summed E-state index contributed by atoms with van der Waals surface area (Å²) >= 11 is 3.19. The molecule has 2 rings (SSSR count). The number of hydrogen-bond acceptors (Lipinski definition) is 4. The van der Waals surface area contributed by atoms with E-state index in [9.17, 15) is 15.2 Å². The highest BCUT2D eigenvalue weighted by Crippen LogP contribution is 2.39. The van der Waals surface area contributed by atoms with Crippen LogP contribution in [0.25, 0.3) is 0 Å². The lowest BCUT2D eigenvalue weighted by Gasteiger charge is -2.28. The highest BCUT2D eigenvalue weighted by molar-refractivity contribution is 9.10. The number of nitrogens with one attached hydrogen (secondary N) is 1. The van der Waals surface area contributed by atoms with Crippen molar-refractivity contribution < 1.29 is 10.0 Å². The molecule has 1 atom stereocenters. The number of phenolic OH excluding ortho intramolecular Hbond substituents is 1. The van der Waals surface area contributed by atoms with E-state index in [2.05, 4.69) is 21.2 Å². The van der Waals surface area contributed by atoms with Crippen LogP contribution in [0.2, 0.25) is 0 Å². The van der Waals surface area contributed by atoms with Gasteiger partial charge in [0.1, 0.15) is 0 Å². The van der Waals surface area contributed by atoms with Crippen molar-refractivity contribution in [2.75, 3.05) is 6.54 Å². The molecule has 15 heavy (non-hydrogen) atoms. The second-order valence-electron chi connectivity index (χ2n) is 3.42. The Kier molecular flexibility index (Phi) is 2.62. The van der Waals surface area contributed by atoms with Gasteiger partial charge in [-0.3, -0.25) is 10.1 Å². The maximum absolute atomic E-state index is 10.7. The molecule has 1 aliphatic rings. The number of rotatable bonds is 2. The van der Waals surface area contributed by atoms with Crippen LogP contribution in [0.1, 0.15) is 18.0 Å². The van der Waals surface area contributed by atoms with Crippen LogP contribution >= 0.6 is 15.9 Å². The number of phenols is 1. The summed E-state index contributed by atoms with van der Waals surface area (Å²) in [6, 6.07) is 3.04. The van der Waals surface area contributed by atoms with E-state index >= 15 is 0 Å². The Morgan fingerprint density at radius 2 is 2.27 bits per heavy atom. The van der Waals surface area contributed by atoms with Gasteiger partial charge in [-0.2, -0.15) is 0 Å². The monoisotopic (exact) mass is 272 g/mol. The Morgan fingerprint density at radius 1 is 1.60 bits per heavy atom. The Morgan fingerprint density at radius 3 is 2.73 bits per heavy atom. The number of nitro groups is 1. The van der Waals surface area contributed by atoms with Gasteiger partial charge in [-0.15, -0.1) is 0 Å². The van der Waals surface area contributed by atoms with E-state index in [-0.39, 0.29) is 17.5 Å². The Bertz CT molecular complexity index is 418. The van der Waals surface area contributed by atoms with Gasteiger partial charge in [-0.05, 0) is 19.0 Å². The maximum Gasteiger partial charge on any atom is 0.312 e. The van der Waals surface area contributed by atoms with E-state index in [1.54, 1.807) is 6.07 Å². The lowest BCUT2D eigenvalue weighted by molar-refractivity contribution is -0.386. The van der Waals surface area contributed by atoms with Gasteiger partial charge in [-0.25, -0.2) is 0 Å². The predicted octanol–water partition coefficient (Wildman–Crippen LogP) is 2.10. The molecule has 0 radical (unpaired) electrons. The third kappa shape index (κ3) is 1.82. The van der Waals surface area contributed by atoms with Crippen molar-refractivity contribution in [2.45, 2.75) is 12.5 Å². The molecular formula is C9H9BrN2O3. The lowest BCUT2D eigenvalue weighted by Crippen LogP contribution is -2.35. The predicted molar refractivity (Wildman–Crippen MR) is 57.8 cm³/mol. The molecule has 0 aromatic heterocycles. The smallest absolute Gasteiger partial charge is 0.312 e. The first kappa shape index (κ1) is 10.4. The van der Waals surface area contributed by atoms with Gasteiger partial charge in [0.15, 0.2) is 5.75 Å². The first-order valence-corrected chi connectivity index (χ1v) is 5.29. The van der Waals surface area contributed by atoms with Gasteiger partial charge in [-0.1, -0.05) is 15.9 Å². The van der Waals surface area contributed by atoms with Crippen molar-refractivity contribution in [3.63, 3.8) is 0 Å². The molecule has 6 heteroatoms. The van der Waals surface area contributed by atoms with Crippen LogP contribution in [0.5, 0.6) is 5.75 Å². The van der Waals surface area contributed by atoms with Gasteiger partial charge in [0.05, 0.1) is 4.92 Å². The number of aromatic hydroxyl groups is 1. The number of hydrogen-bond donors (Lipinski definition) is 2. The minimum Gasteiger partial charge on any atom is -0.502 e.